The lowest BCUT2D eigenvalue weighted by atomic mass is 10.2. The van der Waals surface area contributed by atoms with Crippen LogP contribution in [0.25, 0.3) is 6.08 Å². The van der Waals surface area contributed by atoms with E-state index in [2.05, 4.69) is 0 Å². The number of benzene rings is 1. The van der Waals surface area contributed by atoms with Crippen molar-refractivity contribution in [1.29, 1.82) is 0 Å². The molecule has 6 heteroatoms. The van der Waals surface area contributed by atoms with Gasteiger partial charge < -0.3 is 14.2 Å². The third-order valence-electron chi connectivity index (χ3n) is 2.85. The second kappa shape index (κ2) is 6.10. The number of hydrogen-bond acceptors (Lipinski definition) is 5. The summed E-state index contributed by atoms with van der Waals surface area (Å²) in [6, 6.07) is 5.27. The molecule has 2 amide bonds. The van der Waals surface area contributed by atoms with Crippen molar-refractivity contribution in [1.82, 2.24) is 4.90 Å². The maximum Gasteiger partial charge on any atom is 0.416 e. The number of rotatable bonds is 4. The first-order chi connectivity index (χ1) is 9.65. The van der Waals surface area contributed by atoms with E-state index in [1.165, 1.54) is 13.2 Å². The number of carbonyl (C=O) groups is 2. The summed E-state index contributed by atoms with van der Waals surface area (Å²) in [5.74, 6) is 0.782. The summed E-state index contributed by atoms with van der Waals surface area (Å²) in [7, 11) is 3.09. The van der Waals surface area contributed by atoms with Crippen LogP contribution in [0.3, 0.4) is 0 Å². The lowest BCUT2D eigenvalue weighted by Crippen LogP contribution is -2.29. The average molecular weight is 277 g/mol. The van der Waals surface area contributed by atoms with Gasteiger partial charge in [0, 0.05) is 6.08 Å². The molecule has 1 aliphatic heterocycles. The van der Waals surface area contributed by atoms with Crippen molar-refractivity contribution < 1.29 is 23.8 Å². The largest absolute Gasteiger partial charge is 0.493 e. The number of cyclic esters (lactones) is 1. The topological polar surface area (TPSA) is 65.1 Å². The zero-order chi connectivity index (χ0) is 14.5. The molecule has 20 heavy (non-hydrogen) atoms. The van der Waals surface area contributed by atoms with Gasteiger partial charge in [-0.3, -0.25) is 4.79 Å². The summed E-state index contributed by atoms with van der Waals surface area (Å²) in [6.07, 6.45) is 2.33. The van der Waals surface area contributed by atoms with Crippen molar-refractivity contribution >= 4 is 18.1 Å². The molecule has 0 atom stereocenters. The van der Waals surface area contributed by atoms with Gasteiger partial charge in [0.15, 0.2) is 11.5 Å². The molecule has 0 radical (unpaired) electrons. The maximum absolute atomic E-state index is 11.8. The molecule has 2 rings (SSSR count). The first-order valence-electron chi connectivity index (χ1n) is 6.04. The van der Waals surface area contributed by atoms with Gasteiger partial charge in [-0.15, -0.1) is 0 Å². The molecule has 0 aliphatic carbocycles. The molecule has 6 nitrogen and oxygen atoms in total. The molecule has 1 fully saturated rings. The van der Waals surface area contributed by atoms with Crippen LogP contribution in [-0.4, -0.2) is 44.3 Å². The molecule has 0 unspecified atom stereocenters. The third-order valence-corrected chi connectivity index (χ3v) is 2.85. The summed E-state index contributed by atoms with van der Waals surface area (Å²) in [6.45, 7) is 0.530. The molecule has 1 aromatic rings. The van der Waals surface area contributed by atoms with Gasteiger partial charge in [0.25, 0.3) is 5.91 Å². The summed E-state index contributed by atoms with van der Waals surface area (Å²) in [5, 5.41) is 0. The van der Waals surface area contributed by atoms with Crippen LogP contribution in [-0.2, 0) is 9.53 Å². The highest BCUT2D eigenvalue weighted by Crippen LogP contribution is 2.27. The first kappa shape index (κ1) is 13.9. The Labute approximate surface area is 116 Å². The fourth-order valence-electron chi connectivity index (χ4n) is 1.81. The molecule has 1 saturated heterocycles. The molecule has 0 saturated carbocycles. The van der Waals surface area contributed by atoms with Crippen LogP contribution >= 0.6 is 0 Å². The number of hydrogen-bond donors (Lipinski definition) is 0. The fraction of sp³-hybridized carbons (Fsp3) is 0.286. The number of ether oxygens (including phenoxy) is 3. The smallest absolute Gasteiger partial charge is 0.416 e. The molecule has 0 aromatic heterocycles. The standard InChI is InChI=1S/C14H15NO5/c1-18-11-5-3-10(9-12(11)19-2)4-6-13(16)15-7-8-20-14(15)17/h3-6,9H,7-8H2,1-2H3/b6-4+. The van der Waals surface area contributed by atoms with Gasteiger partial charge in [-0.05, 0) is 23.8 Å². The average Bonchev–Trinajstić information content (AvgIpc) is 2.90. The van der Waals surface area contributed by atoms with Crippen molar-refractivity contribution in [3.8, 4) is 11.5 Å². The number of methoxy groups -OCH3 is 2. The Morgan fingerprint density at radius 2 is 2.05 bits per heavy atom. The van der Waals surface area contributed by atoms with Gasteiger partial charge in [-0.1, -0.05) is 6.07 Å². The van der Waals surface area contributed by atoms with Crippen molar-refractivity contribution in [2.75, 3.05) is 27.4 Å². The molecule has 1 heterocycles. The fourth-order valence-corrected chi connectivity index (χ4v) is 1.81. The molecular weight excluding hydrogens is 262 g/mol. The highest BCUT2D eigenvalue weighted by Gasteiger charge is 2.26. The lowest BCUT2D eigenvalue weighted by Gasteiger charge is -2.08. The first-order valence-corrected chi connectivity index (χ1v) is 6.04. The lowest BCUT2D eigenvalue weighted by molar-refractivity contribution is -0.122. The Balaban J connectivity index is 2.11. The zero-order valence-electron chi connectivity index (χ0n) is 11.3. The van der Waals surface area contributed by atoms with Crippen LogP contribution in [0, 0.1) is 0 Å². The van der Waals surface area contributed by atoms with Crippen LogP contribution in [0.5, 0.6) is 11.5 Å². The van der Waals surface area contributed by atoms with E-state index in [4.69, 9.17) is 14.2 Å². The number of amides is 2. The van der Waals surface area contributed by atoms with Gasteiger partial charge >= 0.3 is 6.09 Å². The van der Waals surface area contributed by atoms with Gasteiger partial charge in [-0.2, -0.15) is 0 Å². The van der Waals surface area contributed by atoms with E-state index in [0.717, 1.165) is 10.5 Å². The summed E-state index contributed by atoms with van der Waals surface area (Å²) in [5.41, 5.74) is 0.767. The molecule has 0 N–H and O–H groups in total. The highest BCUT2D eigenvalue weighted by molar-refractivity contribution is 6.01. The van der Waals surface area contributed by atoms with Crippen LogP contribution in [0.4, 0.5) is 4.79 Å². The third kappa shape index (κ3) is 2.90. The van der Waals surface area contributed by atoms with Gasteiger partial charge in [-0.25, -0.2) is 9.69 Å². The van der Waals surface area contributed by atoms with Crippen molar-refractivity contribution in [2.45, 2.75) is 0 Å². The van der Waals surface area contributed by atoms with Crippen molar-refractivity contribution in [3.05, 3.63) is 29.8 Å². The molecule has 0 bridgehead atoms. The van der Waals surface area contributed by atoms with E-state index in [0.29, 0.717) is 11.5 Å². The van der Waals surface area contributed by atoms with E-state index in [1.54, 1.807) is 31.4 Å². The van der Waals surface area contributed by atoms with E-state index in [-0.39, 0.29) is 13.2 Å². The number of imide groups is 1. The van der Waals surface area contributed by atoms with Gasteiger partial charge in [0.05, 0.1) is 20.8 Å². The van der Waals surface area contributed by atoms with Crippen molar-refractivity contribution in [2.24, 2.45) is 0 Å². The number of carbonyl (C=O) groups excluding carboxylic acids is 2. The Morgan fingerprint density at radius 1 is 1.30 bits per heavy atom. The number of nitrogens with zero attached hydrogens (tertiary/aromatic N) is 1. The Kier molecular flexibility index (Phi) is 4.24. The highest BCUT2D eigenvalue weighted by atomic mass is 16.6. The van der Waals surface area contributed by atoms with Crippen LogP contribution in [0.1, 0.15) is 5.56 Å². The van der Waals surface area contributed by atoms with E-state index in [9.17, 15) is 9.59 Å². The predicted octanol–water partition coefficient (Wildman–Crippen LogP) is 1.70. The Bertz CT molecular complexity index is 552. The molecule has 106 valence electrons. The zero-order valence-corrected chi connectivity index (χ0v) is 11.3. The molecule has 1 aromatic carbocycles. The molecular formula is C14H15NO5. The van der Waals surface area contributed by atoms with Gasteiger partial charge in [0.1, 0.15) is 6.61 Å². The predicted molar refractivity (Wildman–Crippen MR) is 71.6 cm³/mol. The second-order valence-electron chi connectivity index (χ2n) is 4.05. The summed E-state index contributed by atoms with van der Waals surface area (Å²) in [4.78, 5) is 24.1. The van der Waals surface area contributed by atoms with Crippen molar-refractivity contribution in [3.63, 3.8) is 0 Å². The van der Waals surface area contributed by atoms with Crippen LogP contribution in [0.15, 0.2) is 24.3 Å². The SMILES string of the molecule is COc1ccc(/C=C/C(=O)N2CCOC2=O)cc1OC. The van der Waals surface area contributed by atoms with E-state index >= 15 is 0 Å². The summed E-state index contributed by atoms with van der Waals surface area (Å²) >= 11 is 0. The van der Waals surface area contributed by atoms with Gasteiger partial charge in [0.2, 0.25) is 0 Å². The minimum absolute atomic E-state index is 0.245. The Morgan fingerprint density at radius 3 is 2.65 bits per heavy atom. The minimum atomic E-state index is -0.605. The maximum atomic E-state index is 11.8. The summed E-state index contributed by atoms with van der Waals surface area (Å²) < 4.78 is 15.0. The minimum Gasteiger partial charge on any atom is -0.493 e. The monoisotopic (exact) mass is 277 g/mol. The van der Waals surface area contributed by atoms with Crippen LogP contribution < -0.4 is 9.47 Å². The van der Waals surface area contributed by atoms with E-state index in [1.807, 2.05) is 0 Å². The quantitative estimate of drug-likeness (QED) is 0.784. The normalized spacial score (nSPS) is 14.5. The van der Waals surface area contributed by atoms with E-state index < -0.39 is 12.0 Å². The molecule has 0 spiro atoms. The van der Waals surface area contributed by atoms with Crippen LogP contribution in [0.2, 0.25) is 0 Å². The Hall–Kier alpha value is -2.50. The molecule has 1 aliphatic rings. The second-order valence-corrected chi connectivity index (χ2v) is 4.05.